The summed E-state index contributed by atoms with van der Waals surface area (Å²) in [7, 11) is 0. The second-order valence-electron chi connectivity index (χ2n) is 6.91. The molecule has 2 aromatic carbocycles. The van der Waals surface area contributed by atoms with Crippen molar-refractivity contribution in [2.75, 3.05) is 0 Å². The number of halogens is 2. The van der Waals surface area contributed by atoms with Crippen molar-refractivity contribution < 1.29 is 9.18 Å². The number of aromatic nitrogens is 1. The number of pyridine rings is 1. The lowest BCUT2D eigenvalue weighted by molar-refractivity contribution is 0.0906. The molecule has 0 saturated carbocycles. The zero-order valence-electron chi connectivity index (χ0n) is 15.0. The average Bonchev–Trinajstić information content (AvgIpc) is 2.61. The summed E-state index contributed by atoms with van der Waals surface area (Å²) in [6, 6.07) is 16.2. The van der Waals surface area contributed by atoms with E-state index in [9.17, 15) is 9.18 Å². The van der Waals surface area contributed by atoms with E-state index in [4.69, 9.17) is 11.6 Å². The van der Waals surface area contributed by atoms with Gasteiger partial charge < -0.3 is 5.32 Å². The third kappa shape index (κ3) is 4.72. The molecule has 0 fully saturated rings. The Hall–Kier alpha value is -2.72. The van der Waals surface area contributed by atoms with Crippen LogP contribution in [0.15, 0.2) is 72.4 Å². The number of rotatable bonds is 6. The molecule has 1 aromatic heterocycles. The number of hydrogen-bond acceptors (Lipinski definition) is 2. The highest BCUT2D eigenvalue weighted by molar-refractivity contribution is 6.29. The molecule has 1 heterocycles. The minimum Gasteiger partial charge on any atom is -0.346 e. The monoisotopic (exact) mass is 382 g/mol. The number of para-hydroxylation sites is 1. The summed E-state index contributed by atoms with van der Waals surface area (Å²) in [6.07, 6.45) is 2.41. The van der Waals surface area contributed by atoms with Crippen LogP contribution in [0.5, 0.6) is 0 Å². The number of fused-ring (bicyclic) bond motifs is 1. The fourth-order valence-corrected chi connectivity index (χ4v) is 3.51. The molecule has 5 heteroatoms. The molecule has 0 aliphatic carbocycles. The molecular formula is C22H20ClFN2O. The number of amides is 1. The smallest absolute Gasteiger partial charge is 0.253 e. The van der Waals surface area contributed by atoms with E-state index >= 15 is 0 Å². The van der Waals surface area contributed by atoms with E-state index < -0.39 is 11.4 Å². The van der Waals surface area contributed by atoms with Crippen LogP contribution >= 0.6 is 11.6 Å². The zero-order chi connectivity index (χ0) is 19.4. The Kier molecular flexibility index (Phi) is 5.57. The van der Waals surface area contributed by atoms with Gasteiger partial charge in [0.25, 0.3) is 5.91 Å². The maximum Gasteiger partial charge on any atom is 0.253 e. The summed E-state index contributed by atoms with van der Waals surface area (Å²) >= 11 is 6.05. The van der Waals surface area contributed by atoms with E-state index in [-0.39, 0.29) is 11.4 Å². The van der Waals surface area contributed by atoms with Gasteiger partial charge in [-0.2, -0.15) is 0 Å². The van der Waals surface area contributed by atoms with Gasteiger partial charge in [-0.1, -0.05) is 60.6 Å². The maximum atomic E-state index is 13.8. The van der Waals surface area contributed by atoms with Crippen LogP contribution in [0.1, 0.15) is 29.3 Å². The summed E-state index contributed by atoms with van der Waals surface area (Å²) in [6.45, 7) is 5.70. The van der Waals surface area contributed by atoms with Crippen molar-refractivity contribution in [1.29, 1.82) is 0 Å². The van der Waals surface area contributed by atoms with Gasteiger partial charge in [0.2, 0.25) is 0 Å². The number of carbonyl (C=O) groups is 1. The maximum absolute atomic E-state index is 13.8. The molecule has 3 nitrogen and oxygen atoms in total. The van der Waals surface area contributed by atoms with Crippen LogP contribution in [0, 0.1) is 5.82 Å². The van der Waals surface area contributed by atoms with Crippen LogP contribution in [0.25, 0.3) is 10.9 Å². The lowest BCUT2D eigenvalue weighted by Gasteiger charge is -2.31. The molecule has 1 unspecified atom stereocenters. The van der Waals surface area contributed by atoms with Crippen molar-refractivity contribution in [3.8, 4) is 0 Å². The number of nitrogens with one attached hydrogen (secondary N) is 1. The van der Waals surface area contributed by atoms with Crippen LogP contribution < -0.4 is 5.32 Å². The highest BCUT2D eigenvalue weighted by atomic mass is 35.5. The van der Waals surface area contributed by atoms with Gasteiger partial charge in [-0.25, -0.2) is 4.39 Å². The molecule has 27 heavy (non-hydrogen) atoms. The molecule has 0 aliphatic rings. The van der Waals surface area contributed by atoms with Gasteiger partial charge in [0, 0.05) is 28.6 Å². The van der Waals surface area contributed by atoms with Gasteiger partial charge in [-0.3, -0.25) is 9.78 Å². The Labute approximate surface area is 162 Å². The highest BCUT2D eigenvalue weighted by Gasteiger charge is 2.28. The predicted molar refractivity (Wildman–Crippen MR) is 107 cm³/mol. The SMILES string of the molecule is C=C(Cl)CC(C)(Cc1ccccc1)NC(=O)c1cnc2c(F)cccc2c1. The van der Waals surface area contributed by atoms with Gasteiger partial charge in [0.05, 0.1) is 5.56 Å². The first kappa shape index (κ1) is 19.1. The molecule has 0 aliphatic heterocycles. The molecule has 3 rings (SSSR count). The van der Waals surface area contributed by atoms with Crippen molar-refractivity contribution in [2.24, 2.45) is 0 Å². The van der Waals surface area contributed by atoms with Gasteiger partial charge in [-0.15, -0.1) is 0 Å². The molecule has 1 N–H and O–H groups in total. The van der Waals surface area contributed by atoms with Crippen molar-refractivity contribution in [3.63, 3.8) is 0 Å². The molecule has 1 atom stereocenters. The average molecular weight is 383 g/mol. The first-order chi connectivity index (χ1) is 12.9. The second-order valence-corrected chi connectivity index (χ2v) is 7.44. The number of nitrogens with zero attached hydrogens (tertiary/aromatic N) is 1. The third-order valence-corrected chi connectivity index (χ3v) is 4.49. The number of benzene rings is 2. The first-order valence-corrected chi connectivity index (χ1v) is 8.98. The summed E-state index contributed by atoms with van der Waals surface area (Å²) in [4.78, 5) is 16.9. The molecule has 3 aromatic rings. The van der Waals surface area contributed by atoms with Gasteiger partial charge in [-0.05, 0) is 31.0 Å². The van der Waals surface area contributed by atoms with Crippen molar-refractivity contribution in [1.82, 2.24) is 10.3 Å². The van der Waals surface area contributed by atoms with Crippen molar-refractivity contribution in [2.45, 2.75) is 25.3 Å². The third-order valence-electron chi connectivity index (χ3n) is 4.36. The fraction of sp³-hybridized carbons (Fsp3) is 0.182. The Morgan fingerprint density at radius 3 is 2.67 bits per heavy atom. The molecule has 0 bridgehead atoms. The lowest BCUT2D eigenvalue weighted by Crippen LogP contribution is -2.47. The van der Waals surface area contributed by atoms with E-state index in [1.807, 2.05) is 37.3 Å². The Bertz CT molecular complexity index is 990. The normalized spacial score (nSPS) is 13.1. The van der Waals surface area contributed by atoms with E-state index in [0.29, 0.717) is 28.8 Å². The highest BCUT2D eigenvalue weighted by Crippen LogP contribution is 2.24. The van der Waals surface area contributed by atoms with Crippen LogP contribution in [0.2, 0.25) is 0 Å². The van der Waals surface area contributed by atoms with Crippen molar-refractivity contribution >= 4 is 28.4 Å². The van der Waals surface area contributed by atoms with E-state index in [2.05, 4.69) is 16.9 Å². The minimum absolute atomic E-state index is 0.246. The van der Waals surface area contributed by atoms with E-state index in [1.165, 1.54) is 12.3 Å². The summed E-state index contributed by atoms with van der Waals surface area (Å²) in [5.74, 6) is -0.697. The van der Waals surface area contributed by atoms with Gasteiger partial charge >= 0.3 is 0 Å². The second kappa shape index (κ2) is 7.89. The van der Waals surface area contributed by atoms with Crippen LogP contribution in [-0.2, 0) is 6.42 Å². The summed E-state index contributed by atoms with van der Waals surface area (Å²) in [5, 5.41) is 4.09. The van der Waals surface area contributed by atoms with Gasteiger partial charge in [0.1, 0.15) is 11.3 Å². The molecule has 0 spiro atoms. The lowest BCUT2D eigenvalue weighted by atomic mass is 9.89. The first-order valence-electron chi connectivity index (χ1n) is 8.60. The largest absolute Gasteiger partial charge is 0.346 e. The number of hydrogen-bond donors (Lipinski definition) is 1. The van der Waals surface area contributed by atoms with Crippen LogP contribution in [-0.4, -0.2) is 16.4 Å². The molecular weight excluding hydrogens is 363 g/mol. The molecule has 1 amide bonds. The van der Waals surface area contributed by atoms with Crippen LogP contribution in [0.4, 0.5) is 4.39 Å². The quantitative estimate of drug-likeness (QED) is 0.632. The summed E-state index contributed by atoms with van der Waals surface area (Å²) < 4.78 is 13.8. The minimum atomic E-state index is -0.617. The Balaban J connectivity index is 1.86. The standard InChI is InChI=1S/C22H20ClFN2O/c1-15(23)12-22(2,13-16-7-4-3-5-8-16)26-21(27)18-11-17-9-6-10-19(24)20(17)25-14-18/h3-11,14H,1,12-13H2,2H3,(H,26,27). The predicted octanol–water partition coefficient (Wildman–Crippen LogP) is 5.25. The van der Waals surface area contributed by atoms with Crippen molar-refractivity contribution in [3.05, 3.63) is 89.3 Å². The molecule has 0 radical (unpaired) electrons. The van der Waals surface area contributed by atoms with E-state index in [0.717, 1.165) is 5.56 Å². The van der Waals surface area contributed by atoms with E-state index in [1.54, 1.807) is 18.2 Å². The zero-order valence-corrected chi connectivity index (χ0v) is 15.8. The fourth-order valence-electron chi connectivity index (χ4n) is 3.21. The summed E-state index contributed by atoms with van der Waals surface area (Å²) in [5.41, 5.74) is 1.08. The molecule has 138 valence electrons. The Morgan fingerprint density at radius 1 is 1.22 bits per heavy atom. The topological polar surface area (TPSA) is 42.0 Å². The van der Waals surface area contributed by atoms with Gasteiger partial charge in [0.15, 0.2) is 0 Å². The van der Waals surface area contributed by atoms with Crippen LogP contribution in [0.3, 0.4) is 0 Å². The molecule has 0 saturated heterocycles. The number of carbonyl (C=O) groups excluding carboxylic acids is 1. The Morgan fingerprint density at radius 2 is 1.96 bits per heavy atom.